The van der Waals surface area contributed by atoms with Gasteiger partial charge in [0.15, 0.2) is 11.5 Å². The first-order chi connectivity index (χ1) is 13.1. The summed E-state index contributed by atoms with van der Waals surface area (Å²) in [7, 11) is 3.05. The fraction of sp³-hybridized carbons (Fsp3) is 0.100. The van der Waals surface area contributed by atoms with Crippen molar-refractivity contribution < 1.29 is 14.3 Å². The fourth-order valence-corrected chi connectivity index (χ4v) is 2.87. The molecule has 0 bridgehead atoms. The average Bonchev–Trinajstić information content (AvgIpc) is 3.21. The summed E-state index contributed by atoms with van der Waals surface area (Å²) in [4.78, 5) is 12.4. The van der Waals surface area contributed by atoms with E-state index in [-0.39, 0.29) is 5.91 Å². The molecule has 3 aromatic rings. The molecule has 27 heavy (non-hydrogen) atoms. The molecular formula is C20H18ClN3O3. The highest BCUT2D eigenvalue weighted by Crippen LogP contribution is 2.36. The first-order valence-corrected chi connectivity index (χ1v) is 8.50. The zero-order valence-electron chi connectivity index (χ0n) is 14.8. The molecule has 2 aromatic carbocycles. The van der Waals surface area contributed by atoms with E-state index in [4.69, 9.17) is 21.1 Å². The lowest BCUT2D eigenvalue weighted by Crippen LogP contribution is -2.10. The van der Waals surface area contributed by atoms with Crippen LogP contribution in [0.2, 0.25) is 5.02 Å². The number of para-hydroxylation sites is 2. The molecule has 0 radical (unpaired) electrons. The zero-order valence-corrected chi connectivity index (χ0v) is 15.6. The van der Waals surface area contributed by atoms with Crippen molar-refractivity contribution in [1.82, 2.24) is 9.78 Å². The van der Waals surface area contributed by atoms with Crippen LogP contribution < -0.4 is 14.8 Å². The van der Waals surface area contributed by atoms with E-state index in [1.165, 1.54) is 20.3 Å². The summed E-state index contributed by atoms with van der Waals surface area (Å²) in [6, 6.07) is 12.7. The second-order valence-corrected chi connectivity index (χ2v) is 5.94. The van der Waals surface area contributed by atoms with Crippen LogP contribution in [-0.2, 0) is 4.79 Å². The van der Waals surface area contributed by atoms with Crippen LogP contribution in [-0.4, -0.2) is 29.9 Å². The lowest BCUT2D eigenvalue weighted by atomic mass is 10.2. The van der Waals surface area contributed by atoms with E-state index in [0.29, 0.717) is 27.8 Å². The Labute approximate surface area is 162 Å². The second-order valence-electron chi connectivity index (χ2n) is 5.53. The van der Waals surface area contributed by atoms with Gasteiger partial charge in [-0.05, 0) is 42.0 Å². The van der Waals surface area contributed by atoms with Crippen LogP contribution in [0, 0.1) is 0 Å². The summed E-state index contributed by atoms with van der Waals surface area (Å²) in [5.41, 5.74) is 2.15. The van der Waals surface area contributed by atoms with Gasteiger partial charge in [0.05, 0.1) is 30.6 Å². The summed E-state index contributed by atoms with van der Waals surface area (Å²) in [6.07, 6.45) is 6.57. The highest BCUT2D eigenvalue weighted by atomic mass is 35.5. The molecule has 138 valence electrons. The van der Waals surface area contributed by atoms with Gasteiger partial charge in [-0.1, -0.05) is 23.7 Å². The molecule has 0 spiro atoms. The molecule has 0 aliphatic heterocycles. The molecule has 3 rings (SSSR count). The van der Waals surface area contributed by atoms with Gasteiger partial charge in [-0.15, -0.1) is 0 Å². The number of anilines is 1. The molecule has 7 heteroatoms. The average molecular weight is 384 g/mol. The second kappa shape index (κ2) is 8.42. The summed E-state index contributed by atoms with van der Waals surface area (Å²) in [6.45, 7) is 0. The van der Waals surface area contributed by atoms with Gasteiger partial charge in [-0.3, -0.25) is 4.79 Å². The monoisotopic (exact) mass is 383 g/mol. The minimum absolute atomic E-state index is 0.277. The maximum absolute atomic E-state index is 12.4. The number of aromatic nitrogens is 2. The van der Waals surface area contributed by atoms with Crippen molar-refractivity contribution in [2.75, 3.05) is 19.5 Å². The molecule has 0 aliphatic carbocycles. The van der Waals surface area contributed by atoms with Crippen molar-refractivity contribution in [1.29, 1.82) is 0 Å². The van der Waals surface area contributed by atoms with Crippen LogP contribution in [0.3, 0.4) is 0 Å². The molecule has 0 unspecified atom stereocenters. The molecule has 6 nitrogen and oxygen atoms in total. The predicted molar refractivity (Wildman–Crippen MR) is 106 cm³/mol. The molecule has 1 aromatic heterocycles. The van der Waals surface area contributed by atoms with Gasteiger partial charge in [0, 0.05) is 18.5 Å². The van der Waals surface area contributed by atoms with Crippen molar-refractivity contribution in [3.8, 4) is 17.2 Å². The third-order valence-corrected chi connectivity index (χ3v) is 4.08. The van der Waals surface area contributed by atoms with E-state index in [0.717, 1.165) is 5.69 Å². The van der Waals surface area contributed by atoms with Gasteiger partial charge in [0.25, 0.3) is 0 Å². The molecule has 0 fully saturated rings. The largest absolute Gasteiger partial charge is 0.493 e. The van der Waals surface area contributed by atoms with Crippen molar-refractivity contribution in [2.45, 2.75) is 0 Å². The number of carbonyl (C=O) groups is 1. The Morgan fingerprint density at radius 1 is 1.19 bits per heavy atom. The molecule has 0 saturated carbocycles. The summed E-state index contributed by atoms with van der Waals surface area (Å²) < 4.78 is 12.2. The molecule has 0 saturated heterocycles. The minimum Gasteiger partial charge on any atom is -0.493 e. The number of carbonyl (C=O) groups excluding carboxylic acids is 1. The van der Waals surface area contributed by atoms with Crippen LogP contribution in [0.25, 0.3) is 11.8 Å². The first kappa shape index (κ1) is 18.5. The van der Waals surface area contributed by atoms with Crippen molar-refractivity contribution in [2.24, 2.45) is 0 Å². The minimum atomic E-state index is -0.277. The highest BCUT2D eigenvalue weighted by molar-refractivity contribution is 6.32. The molecule has 1 amide bonds. The Bertz CT molecular complexity index is 969. The van der Waals surface area contributed by atoms with Gasteiger partial charge in [0.1, 0.15) is 0 Å². The van der Waals surface area contributed by atoms with E-state index in [1.54, 1.807) is 29.1 Å². The number of nitrogens with one attached hydrogen (secondary N) is 1. The van der Waals surface area contributed by atoms with Crippen LogP contribution in [0.1, 0.15) is 5.56 Å². The fourth-order valence-electron chi connectivity index (χ4n) is 2.57. The van der Waals surface area contributed by atoms with E-state index in [9.17, 15) is 4.79 Å². The van der Waals surface area contributed by atoms with Crippen molar-refractivity contribution in [3.63, 3.8) is 0 Å². The standard InChI is InChI=1S/C20H18ClN3O3/c1-26-18-13-14(12-15(21)20(18)27-2)8-9-19(25)23-16-6-3-4-7-17(16)24-11-5-10-22-24/h3-13H,1-2H3,(H,23,25)/b9-8+. The van der Waals surface area contributed by atoms with Crippen LogP contribution in [0.5, 0.6) is 11.5 Å². The summed E-state index contributed by atoms with van der Waals surface area (Å²) in [5, 5.41) is 7.46. The van der Waals surface area contributed by atoms with Gasteiger partial charge in [-0.2, -0.15) is 5.10 Å². The lowest BCUT2D eigenvalue weighted by molar-refractivity contribution is -0.111. The third kappa shape index (κ3) is 4.30. The van der Waals surface area contributed by atoms with Gasteiger partial charge in [0.2, 0.25) is 5.91 Å². The maximum Gasteiger partial charge on any atom is 0.248 e. The normalized spacial score (nSPS) is 10.8. The molecular weight excluding hydrogens is 366 g/mol. The Morgan fingerprint density at radius 3 is 2.70 bits per heavy atom. The van der Waals surface area contributed by atoms with Gasteiger partial charge < -0.3 is 14.8 Å². The number of benzene rings is 2. The van der Waals surface area contributed by atoms with E-state index >= 15 is 0 Å². The molecule has 1 heterocycles. The molecule has 0 atom stereocenters. The number of amides is 1. The van der Waals surface area contributed by atoms with Crippen LogP contribution in [0.15, 0.2) is 60.9 Å². The summed E-state index contributed by atoms with van der Waals surface area (Å²) in [5.74, 6) is 0.670. The van der Waals surface area contributed by atoms with Crippen LogP contribution in [0.4, 0.5) is 5.69 Å². The van der Waals surface area contributed by atoms with Crippen molar-refractivity contribution in [3.05, 3.63) is 71.5 Å². The molecule has 1 N–H and O–H groups in total. The van der Waals surface area contributed by atoms with Gasteiger partial charge in [-0.25, -0.2) is 4.68 Å². The number of rotatable bonds is 6. The number of hydrogen-bond donors (Lipinski definition) is 1. The smallest absolute Gasteiger partial charge is 0.248 e. The maximum atomic E-state index is 12.4. The van der Waals surface area contributed by atoms with Crippen molar-refractivity contribution >= 4 is 29.3 Å². The highest BCUT2D eigenvalue weighted by Gasteiger charge is 2.10. The predicted octanol–water partition coefficient (Wildman–Crippen LogP) is 4.19. The summed E-state index contributed by atoms with van der Waals surface area (Å²) >= 11 is 6.19. The third-order valence-electron chi connectivity index (χ3n) is 3.80. The first-order valence-electron chi connectivity index (χ1n) is 8.12. The number of halogens is 1. The number of methoxy groups -OCH3 is 2. The Kier molecular flexibility index (Phi) is 5.78. The van der Waals surface area contributed by atoms with Gasteiger partial charge >= 0.3 is 0 Å². The Balaban J connectivity index is 1.78. The zero-order chi connectivity index (χ0) is 19.2. The Morgan fingerprint density at radius 2 is 2.00 bits per heavy atom. The quantitative estimate of drug-likeness (QED) is 0.648. The van der Waals surface area contributed by atoms with E-state index in [1.807, 2.05) is 36.5 Å². The number of hydrogen-bond acceptors (Lipinski definition) is 4. The Hall–Kier alpha value is -3.25. The number of nitrogens with zero attached hydrogens (tertiary/aromatic N) is 2. The molecule has 0 aliphatic rings. The SMILES string of the molecule is COc1cc(/C=C/C(=O)Nc2ccccc2-n2cccn2)cc(Cl)c1OC. The van der Waals surface area contributed by atoms with E-state index in [2.05, 4.69) is 10.4 Å². The van der Waals surface area contributed by atoms with Crippen LogP contribution >= 0.6 is 11.6 Å². The topological polar surface area (TPSA) is 65.4 Å². The lowest BCUT2D eigenvalue weighted by Gasteiger charge is -2.10. The number of ether oxygens (including phenoxy) is 2. The van der Waals surface area contributed by atoms with E-state index < -0.39 is 0 Å².